The Kier molecular flexibility index (Phi) is 7.33. The molecule has 3 rings (SSSR count). The Bertz CT molecular complexity index is 1030. The standard InChI is InChI=1S/C23H16Br2INO/c1-15-2-6-18(7-3-15)19(13-27)10-17-11-21(24)23(22(25)12-17)28-14-16-4-8-20(26)9-5-16/h2-12H,14H2,1H3/b19-10-. The first-order valence-electron chi connectivity index (χ1n) is 8.51. The number of nitriles is 1. The molecule has 2 nitrogen and oxygen atoms in total. The molecule has 3 aromatic rings. The number of allylic oxidation sites excluding steroid dienone is 1. The lowest BCUT2D eigenvalue weighted by molar-refractivity contribution is 0.302. The summed E-state index contributed by atoms with van der Waals surface area (Å²) in [5.41, 5.74) is 4.71. The van der Waals surface area contributed by atoms with E-state index < -0.39 is 0 Å². The summed E-state index contributed by atoms with van der Waals surface area (Å²) in [5.74, 6) is 0.740. The van der Waals surface area contributed by atoms with Crippen LogP contribution in [0.4, 0.5) is 0 Å². The molecule has 0 saturated heterocycles. The highest BCUT2D eigenvalue weighted by atomic mass is 127. The summed E-state index contributed by atoms with van der Waals surface area (Å²) in [6.45, 7) is 2.51. The predicted molar refractivity (Wildman–Crippen MR) is 130 cm³/mol. The molecule has 0 aliphatic rings. The van der Waals surface area contributed by atoms with Crippen molar-refractivity contribution >= 4 is 66.1 Å². The van der Waals surface area contributed by atoms with Crippen molar-refractivity contribution in [2.45, 2.75) is 13.5 Å². The predicted octanol–water partition coefficient (Wildman–Crippen LogP) is 7.77. The van der Waals surface area contributed by atoms with Crippen molar-refractivity contribution in [3.8, 4) is 11.8 Å². The molecule has 28 heavy (non-hydrogen) atoms. The van der Waals surface area contributed by atoms with Gasteiger partial charge < -0.3 is 4.74 Å². The van der Waals surface area contributed by atoms with Gasteiger partial charge in [0.05, 0.1) is 20.6 Å². The molecule has 0 saturated carbocycles. The molecule has 0 amide bonds. The van der Waals surface area contributed by atoms with Crippen molar-refractivity contribution in [1.29, 1.82) is 5.26 Å². The van der Waals surface area contributed by atoms with E-state index in [0.717, 1.165) is 31.4 Å². The minimum absolute atomic E-state index is 0.482. The molecular weight excluding hydrogens is 593 g/mol. The number of hydrogen-bond acceptors (Lipinski definition) is 2. The number of nitrogens with zero attached hydrogens (tertiary/aromatic N) is 1. The van der Waals surface area contributed by atoms with Crippen LogP contribution in [0.1, 0.15) is 22.3 Å². The van der Waals surface area contributed by atoms with Crippen LogP contribution in [-0.4, -0.2) is 0 Å². The molecule has 0 atom stereocenters. The lowest BCUT2D eigenvalue weighted by Crippen LogP contribution is -1.97. The fourth-order valence-electron chi connectivity index (χ4n) is 2.62. The Morgan fingerprint density at radius 2 is 1.64 bits per heavy atom. The topological polar surface area (TPSA) is 33.0 Å². The van der Waals surface area contributed by atoms with E-state index in [1.165, 1.54) is 9.13 Å². The van der Waals surface area contributed by atoms with Gasteiger partial charge in [0.15, 0.2) is 0 Å². The molecule has 0 radical (unpaired) electrons. The lowest BCUT2D eigenvalue weighted by Gasteiger charge is -2.12. The van der Waals surface area contributed by atoms with Crippen molar-refractivity contribution in [3.05, 3.63) is 95.4 Å². The first-order valence-corrected chi connectivity index (χ1v) is 11.2. The molecule has 0 aromatic heterocycles. The smallest absolute Gasteiger partial charge is 0.148 e. The minimum atomic E-state index is 0.482. The first-order chi connectivity index (χ1) is 13.5. The first kappa shape index (κ1) is 21.1. The van der Waals surface area contributed by atoms with Gasteiger partial charge in [0.25, 0.3) is 0 Å². The SMILES string of the molecule is Cc1ccc(/C(C#N)=C\c2cc(Br)c(OCc3ccc(I)cc3)c(Br)c2)cc1. The van der Waals surface area contributed by atoms with Gasteiger partial charge in [-0.2, -0.15) is 5.26 Å². The van der Waals surface area contributed by atoms with Gasteiger partial charge in [-0.25, -0.2) is 0 Å². The van der Waals surface area contributed by atoms with Crippen molar-refractivity contribution in [2.24, 2.45) is 0 Å². The second-order valence-electron chi connectivity index (χ2n) is 6.26. The van der Waals surface area contributed by atoms with E-state index in [-0.39, 0.29) is 0 Å². The quantitative estimate of drug-likeness (QED) is 0.168. The van der Waals surface area contributed by atoms with Crippen LogP contribution in [-0.2, 0) is 6.61 Å². The van der Waals surface area contributed by atoms with Gasteiger partial charge in [-0.1, -0.05) is 42.0 Å². The number of hydrogen-bond donors (Lipinski definition) is 0. The number of ether oxygens (including phenoxy) is 1. The van der Waals surface area contributed by atoms with E-state index in [2.05, 4.69) is 84.8 Å². The summed E-state index contributed by atoms with van der Waals surface area (Å²) < 4.78 is 8.86. The van der Waals surface area contributed by atoms with E-state index in [0.29, 0.717) is 12.2 Å². The maximum atomic E-state index is 9.57. The van der Waals surface area contributed by atoms with Crippen LogP contribution in [0.25, 0.3) is 11.6 Å². The Hall–Kier alpha value is -1.62. The molecule has 0 aliphatic carbocycles. The van der Waals surface area contributed by atoms with Crippen LogP contribution >= 0.6 is 54.5 Å². The zero-order chi connectivity index (χ0) is 20.1. The highest BCUT2D eigenvalue weighted by molar-refractivity contribution is 14.1. The molecule has 0 spiro atoms. The van der Waals surface area contributed by atoms with Gasteiger partial charge in [-0.3, -0.25) is 0 Å². The molecule has 0 heterocycles. The summed E-state index contributed by atoms with van der Waals surface area (Å²) in [7, 11) is 0. The Morgan fingerprint density at radius 3 is 2.21 bits per heavy atom. The van der Waals surface area contributed by atoms with Gasteiger partial charge in [0.1, 0.15) is 12.4 Å². The van der Waals surface area contributed by atoms with Gasteiger partial charge in [0.2, 0.25) is 0 Å². The molecule has 0 N–H and O–H groups in total. The second kappa shape index (κ2) is 9.73. The largest absolute Gasteiger partial charge is 0.487 e. The van der Waals surface area contributed by atoms with Gasteiger partial charge in [-0.05, 0) is 108 Å². The van der Waals surface area contributed by atoms with Gasteiger partial charge >= 0.3 is 0 Å². The maximum Gasteiger partial charge on any atom is 0.148 e. The summed E-state index contributed by atoms with van der Waals surface area (Å²) in [6, 6.07) is 22.4. The Morgan fingerprint density at radius 1 is 1.04 bits per heavy atom. The Labute approximate surface area is 195 Å². The van der Waals surface area contributed by atoms with E-state index >= 15 is 0 Å². The van der Waals surface area contributed by atoms with Gasteiger partial charge in [-0.15, -0.1) is 0 Å². The average molecular weight is 609 g/mol. The zero-order valence-corrected chi connectivity index (χ0v) is 20.4. The third-order valence-electron chi connectivity index (χ3n) is 4.11. The summed E-state index contributed by atoms with van der Waals surface area (Å²) in [4.78, 5) is 0. The third-order valence-corrected chi connectivity index (χ3v) is 6.01. The van der Waals surface area contributed by atoms with E-state index in [9.17, 15) is 5.26 Å². The normalized spacial score (nSPS) is 11.2. The molecule has 0 aliphatic heterocycles. The van der Waals surface area contributed by atoms with Crippen LogP contribution in [0.5, 0.6) is 5.75 Å². The number of halogens is 3. The average Bonchev–Trinajstić information content (AvgIpc) is 2.67. The van der Waals surface area contributed by atoms with Crippen molar-refractivity contribution < 1.29 is 4.74 Å². The highest BCUT2D eigenvalue weighted by Crippen LogP contribution is 2.36. The van der Waals surface area contributed by atoms with Crippen molar-refractivity contribution in [3.63, 3.8) is 0 Å². The molecule has 5 heteroatoms. The maximum absolute atomic E-state index is 9.57. The molecule has 0 unspecified atom stereocenters. The molecule has 140 valence electrons. The molecule has 3 aromatic carbocycles. The Balaban J connectivity index is 1.83. The van der Waals surface area contributed by atoms with Crippen molar-refractivity contribution in [2.75, 3.05) is 0 Å². The van der Waals surface area contributed by atoms with Crippen LogP contribution < -0.4 is 4.74 Å². The number of rotatable bonds is 5. The summed E-state index contributed by atoms with van der Waals surface area (Å²) in [6.07, 6.45) is 1.88. The number of aryl methyl sites for hydroxylation is 1. The van der Waals surface area contributed by atoms with Crippen LogP contribution in [0.2, 0.25) is 0 Å². The highest BCUT2D eigenvalue weighted by Gasteiger charge is 2.10. The van der Waals surface area contributed by atoms with Crippen molar-refractivity contribution in [1.82, 2.24) is 0 Å². The molecule has 0 bridgehead atoms. The summed E-state index contributed by atoms with van der Waals surface area (Å²) >= 11 is 9.47. The zero-order valence-electron chi connectivity index (χ0n) is 15.0. The number of benzene rings is 3. The minimum Gasteiger partial charge on any atom is -0.487 e. The third kappa shape index (κ3) is 5.47. The van der Waals surface area contributed by atoms with E-state index in [1.54, 1.807) is 0 Å². The molecule has 0 fully saturated rings. The van der Waals surface area contributed by atoms with Crippen LogP contribution in [0.3, 0.4) is 0 Å². The lowest BCUT2D eigenvalue weighted by atomic mass is 10.0. The van der Waals surface area contributed by atoms with Gasteiger partial charge in [0, 0.05) is 3.57 Å². The van der Waals surface area contributed by atoms with Crippen LogP contribution in [0, 0.1) is 21.8 Å². The summed E-state index contributed by atoms with van der Waals surface area (Å²) in [5, 5.41) is 9.57. The monoisotopic (exact) mass is 607 g/mol. The van der Waals surface area contributed by atoms with Crippen LogP contribution in [0.15, 0.2) is 69.6 Å². The fourth-order valence-corrected chi connectivity index (χ4v) is 4.43. The van der Waals surface area contributed by atoms with E-state index in [4.69, 9.17) is 4.74 Å². The van der Waals surface area contributed by atoms with E-state index in [1.807, 2.05) is 49.4 Å². The molecular formula is C23H16Br2INO. The second-order valence-corrected chi connectivity index (χ2v) is 9.22. The fraction of sp³-hybridized carbons (Fsp3) is 0.0870.